The molecule has 132 valence electrons. The summed E-state index contributed by atoms with van der Waals surface area (Å²) in [6.07, 6.45) is 0. The third-order valence-corrected chi connectivity index (χ3v) is 7.47. The number of halogens is 1. The van der Waals surface area contributed by atoms with Crippen molar-refractivity contribution in [3.8, 4) is 0 Å². The summed E-state index contributed by atoms with van der Waals surface area (Å²) in [6, 6.07) is 19.9. The van der Waals surface area contributed by atoms with Crippen molar-refractivity contribution in [3.05, 3.63) is 78.6 Å². The lowest BCUT2D eigenvalue weighted by atomic mass is 10.1. The lowest BCUT2D eigenvalue weighted by molar-refractivity contribution is 0.597. The van der Waals surface area contributed by atoms with Gasteiger partial charge >= 0.3 is 0 Å². The highest BCUT2D eigenvalue weighted by atomic mass is 32.2. The number of thiophene rings is 1. The smallest absolute Gasteiger partial charge is 0.207 e. The molecule has 27 heavy (non-hydrogen) atoms. The van der Waals surface area contributed by atoms with Crippen LogP contribution in [0.2, 0.25) is 0 Å². The molecule has 2 heterocycles. The van der Waals surface area contributed by atoms with Gasteiger partial charge in [0.25, 0.3) is 0 Å². The molecule has 0 N–H and O–H groups in total. The second kappa shape index (κ2) is 5.84. The fraction of sp³-hybridized carbons (Fsp3) is 0. The Kier molecular flexibility index (Phi) is 3.54. The summed E-state index contributed by atoms with van der Waals surface area (Å²) < 4.78 is 42.1. The second-order valence-electron chi connectivity index (χ2n) is 6.20. The average Bonchev–Trinajstić information content (AvgIpc) is 3.04. The molecule has 3 aromatic carbocycles. The molecule has 0 unspecified atom stereocenters. The van der Waals surface area contributed by atoms with Gasteiger partial charge in [-0.3, -0.25) is 0 Å². The van der Waals surface area contributed by atoms with Gasteiger partial charge in [-0.05, 0) is 36.4 Å². The van der Waals surface area contributed by atoms with Crippen molar-refractivity contribution < 1.29 is 12.8 Å². The van der Waals surface area contributed by atoms with Crippen LogP contribution in [0.15, 0.2) is 82.6 Å². The van der Waals surface area contributed by atoms with Crippen molar-refractivity contribution in [2.75, 3.05) is 0 Å². The summed E-state index contributed by atoms with van der Waals surface area (Å²) in [7, 11) is -3.87. The number of hydrogen-bond donors (Lipinski definition) is 0. The standard InChI is InChI=1S/C21H12FNO2S2/c22-13-10-11-17-16(12-13)20(27(24,25)14-6-2-1-3-7-14)19-15-8-4-5-9-18(15)26-21(19)23-17/h1-12H. The highest BCUT2D eigenvalue weighted by Gasteiger charge is 2.26. The molecule has 0 spiro atoms. The predicted octanol–water partition coefficient (Wildman–Crippen LogP) is 5.57. The Bertz CT molecular complexity index is 1440. The zero-order valence-corrected chi connectivity index (χ0v) is 15.5. The van der Waals surface area contributed by atoms with E-state index < -0.39 is 15.7 Å². The van der Waals surface area contributed by atoms with Crippen LogP contribution in [0.25, 0.3) is 31.2 Å². The molecular formula is C21H12FNO2S2. The molecule has 0 saturated carbocycles. The third kappa shape index (κ3) is 2.44. The van der Waals surface area contributed by atoms with Crippen molar-refractivity contribution in [2.24, 2.45) is 0 Å². The fourth-order valence-corrected chi connectivity index (χ4v) is 6.20. The normalized spacial score (nSPS) is 12.2. The number of sulfone groups is 1. The van der Waals surface area contributed by atoms with Gasteiger partial charge in [0.05, 0.1) is 15.3 Å². The summed E-state index contributed by atoms with van der Waals surface area (Å²) >= 11 is 1.44. The first kappa shape index (κ1) is 16.4. The zero-order chi connectivity index (χ0) is 18.6. The van der Waals surface area contributed by atoms with E-state index in [-0.39, 0.29) is 9.79 Å². The van der Waals surface area contributed by atoms with Crippen molar-refractivity contribution in [1.29, 1.82) is 0 Å². The molecule has 5 rings (SSSR count). The third-order valence-electron chi connectivity index (χ3n) is 4.55. The lowest BCUT2D eigenvalue weighted by Gasteiger charge is -2.10. The minimum atomic E-state index is -3.87. The number of fused-ring (bicyclic) bond motifs is 4. The van der Waals surface area contributed by atoms with Crippen LogP contribution in [-0.4, -0.2) is 13.4 Å². The number of nitrogens with zero attached hydrogens (tertiary/aromatic N) is 1. The maximum atomic E-state index is 14.0. The van der Waals surface area contributed by atoms with Crippen LogP contribution in [0, 0.1) is 5.82 Å². The van der Waals surface area contributed by atoms with Crippen LogP contribution in [0.5, 0.6) is 0 Å². The summed E-state index contributed by atoms with van der Waals surface area (Å²) in [5.41, 5.74) is 0.463. The fourth-order valence-electron chi connectivity index (χ4n) is 3.36. The minimum absolute atomic E-state index is 0.116. The maximum absolute atomic E-state index is 14.0. The van der Waals surface area contributed by atoms with E-state index in [1.165, 1.54) is 29.5 Å². The highest BCUT2D eigenvalue weighted by Crippen LogP contribution is 2.41. The predicted molar refractivity (Wildman–Crippen MR) is 106 cm³/mol. The van der Waals surface area contributed by atoms with E-state index >= 15 is 0 Å². The molecule has 0 fully saturated rings. The Hall–Kier alpha value is -2.83. The summed E-state index contributed by atoms with van der Waals surface area (Å²) in [4.78, 5) is 5.54. The van der Waals surface area contributed by atoms with E-state index in [4.69, 9.17) is 0 Å². The van der Waals surface area contributed by atoms with Crippen molar-refractivity contribution in [1.82, 2.24) is 4.98 Å². The maximum Gasteiger partial charge on any atom is 0.207 e. The number of benzene rings is 3. The van der Waals surface area contributed by atoms with Gasteiger partial charge in [0.1, 0.15) is 10.6 Å². The van der Waals surface area contributed by atoms with E-state index in [1.807, 2.05) is 24.3 Å². The summed E-state index contributed by atoms with van der Waals surface area (Å²) in [5.74, 6) is -0.493. The monoisotopic (exact) mass is 393 g/mol. The van der Waals surface area contributed by atoms with Crippen LogP contribution in [0.1, 0.15) is 0 Å². The number of pyridine rings is 1. The van der Waals surface area contributed by atoms with Gasteiger partial charge in [0.15, 0.2) is 0 Å². The van der Waals surface area contributed by atoms with Crippen molar-refractivity contribution in [3.63, 3.8) is 0 Å². The van der Waals surface area contributed by atoms with Crippen molar-refractivity contribution >= 4 is 52.4 Å². The quantitative estimate of drug-likeness (QED) is 0.394. The van der Waals surface area contributed by atoms with Gasteiger partial charge in [0.2, 0.25) is 9.84 Å². The Balaban J connectivity index is 2.05. The molecule has 0 bridgehead atoms. The molecule has 0 atom stereocenters. The molecule has 2 aromatic heterocycles. The highest BCUT2D eigenvalue weighted by molar-refractivity contribution is 7.92. The van der Waals surface area contributed by atoms with Gasteiger partial charge < -0.3 is 0 Å². The summed E-state index contributed by atoms with van der Waals surface area (Å²) in [6.45, 7) is 0. The number of rotatable bonds is 2. The molecule has 0 aliphatic carbocycles. The molecule has 0 aliphatic heterocycles. The van der Waals surface area contributed by atoms with E-state index in [0.29, 0.717) is 21.1 Å². The molecule has 0 amide bonds. The molecule has 6 heteroatoms. The van der Waals surface area contributed by atoms with Gasteiger partial charge in [-0.2, -0.15) is 0 Å². The van der Waals surface area contributed by atoms with Crippen LogP contribution in [0.3, 0.4) is 0 Å². The van der Waals surface area contributed by atoms with Gasteiger partial charge in [-0.1, -0.05) is 36.4 Å². The largest absolute Gasteiger partial charge is 0.237 e. The molecular weight excluding hydrogens is 381 g/mol. The van der Waals surface area contributed by atoms with E-state index in [0.717, 1.165) is 10.1 Å². The van der Waals surface area contributed by atoms with Crippen LogP contribution in [-0.2, 0) is 9.84 Å². The number of hydrogen-bond acceptors (Lipinski definition) is 4. The molecule has 5 aromatic rings. The average molecular weight is 393 g/mol. The van der Waals surface area contributed by atoms with Gasteiger partial charge in [0, 0.05) is 20.9 Å². The van der Waals surface area contributed by atoms with E-state index in [9.17, 15) is 12.8 Å². The molecule has 0 aliphatic rings. The van der Waals surface area contributed by atoms with E-state index in [2.05, 4.69) is 4.98 Å². The Morgan fingerprint density at radius 1 is 0.852 bits per heavy atom. The minimum Gasteiger partial charge on any atom is -0.237 e. The van der Waals surface area contributed by atoms with E-state index in [1.54, 1.807) is 30.3 Å². The molecule has 0 radical (unpaired) electrons. The summed E-state index contributed by atoms with van der Waals surface area (Å²) in [5, 5.41) is 1.66. The Labute approximate surface area is 158 Å². The van der Waals surface area contributed by atoms with Gasteiger partial charge in [-0.25, -0.2) is 17.8 Å². The van der Waals surface area contributed by atoms with Crippen LogP contribution in [0.4, 0.5) is 4.39 Å². The van der Waals surface area contributed by atoms with Crippen LogP contribution >= 0.6 is 11.3 Å². The zero-order valence-electron chi connectivity index (χ0n) is 13.9. The first-order chi connectivity index (χ1) is 13.1. The topological polar surface area (TPSA) is 47.0 Å². The SMILES string of the molecule is O=S(=O)(c1ccccc1)c1c2cc(F)ccc2nc2sc3ccccc3c12. The second-order valence-corrected chi connectivity index (χ2v) is 9.11. The first-order valence-electron chi connectivity index (χ1n) is 8.26. The molecule has 0 saturated heterocycles. The van der Waals surface area contributed by atoms with Gasteiger partial charge in [-0.15, -0.1) is 11.3 Å². The lowest BCUT2D eigenvalue weighted by Crippen LogP contribution is -2.04. The number of aromatic nitrogens is 1. The van der Waals surface area contributed by atoms with Crippen molar-refractivity contribution in [2.45, 2.75) is 9.79 Å². The Morgan fingerprint density at radius 3 is 2.41 bits per heavy atom. The molecule has 3 nitrogen and oxygen atoms in total. The Morgan fingerprint density at radius 2 is 1.59 bits per heavy atom. The first-order valence-corrected chi connectivity index (χ1v) is 10.6. The van der Waals surface area contributed by atoms with Crippen LogP contribution < -0.4 is 0 Å².